The lowest BCUT2D eigenvalue weighted by molar-refractivity contribution is 0.266. The van der Waals surface area contributed by atoms with Crippen LogP contribution >= 0.6 is 11.6 Å². The molecule has 0 amide bonds. The number of hydrogen-bond donors (Lipinski definition) is 2. The van der Waals surface area contributed by atoms with Gasteiger partial charge in [-0.05, 0) is 31.4 Å². The Bertz CT molecular complexity index is 581. The largest absolute Gasteiger partial charge is 0.394 e. The molecule has 0 aromatic carbocycles. The monoisotopic (exact) mass is 292 g/mol. The van der Waals surface area contributed by atoms with E-state index in [0.717, 1.165) is 25.1 Å². The molecule has 1 aliphatic carbocycles. The third kappa shape index (κ3) is 2.64. The van der Waals surface area contributed by atoms with Crippen molar-refractivity contribution in [2.75, 3.05) is 11.9 Å². The Kier molecular flexibility index (Phi) is 3.89. The van der Waals surface area contributed by atoms with E-state index < -0.39 is 0 Å². The minimum atomic E-state index is 0.116. The molecule has 0 spiro atoms. The molecule has 1 aliphatic rings. The van der Waals surface area contributed by atoms with Gasteiger partial charge in [0.15, 0.2) is 0 Å². The van der Waals surface area contributed by atoms with Crippen molar-refractivity contribution in [1.29, 1.82) is 0 Å². The molecule has 2 heterocycles. The zero-order valence-corrected chi connectivity index (χ0v) is 11.8. The number of nitrogens with one attached hydrogen (secondary N) is 1. The van der Waals surface area contributed by atoms with Crippen molar-refractivity contribution in [2.45, 2.75) is 31.8 Å². The minimum Gasteiger partial charge on any atom is -0.394 e. The molecule has 0 fully saturated rings. The van der Waals surface area contributed by atoms with Gasteiger partial charge in [-0.3, -0.25) is 4.68 Å². The highest BCUT2D eigenvalue weighted by Crippen LogP contribution is 2.32. The normalized spacial score (nSPS) is 17.8. The maximum Gasteiger partial charge on any atom is 0.126 e. The van der Waals surface area contributed by atoms with Crippen molar-refractivity contribution < 1.29 is 5.11 Å². The van der Waals surface area contributed by atoms with Gasteiger partial charge in [-0.2, -0.15) is 5.10 Å². The van der Waals surface area contributed by atoms with E-state index in [1.165, 1.54) is 11.3 Å². The molecule has 0 saturated carbocycles. The second-order valence-electron chi connectivity index (χ2n) is 4.94. The number of pyridine rings is 1. The highest BCUT2D eigenvalue weighted by Gasteiger charge is 2.24. The van der Waals surface area contributed by atoms with Crippen LogP contribution in [0.2, 0.25) is 5.02 Å². The third-order valence-corrected chi connectivity index (χ3v) is 3.85. The van der Waals surface area contributed by atoms with Gasteiger partial charge in [-0.15, -0.1) is 0 Å². The minimum absolute atomic E-state index is 0.116. The van der Waals surface area contributed by atoms with Gasteiger partial charge in [0.2, 0.25) is 0 Å². The van der Waals surface area contributed by atoms with Crippen LogP contribution < -0.4 is 5.32 Å². The maximum absolute atomic E-state index is 9.07. The second-order valence-corrected chi connectivity index (χ2v) is 5.38. The smallest absolute Gasteiger partial charge is 0.126 e. The van der Waals surface area contributed by atoms with E-state index >= 15 is 0 Å². The zero-order valence-electron chi connectivity index (χ0n) is 11.1. The molecule has 20 heavy (non-hydrogen) atoms. The first kappa shape index (κ1) is 13.4. The fourth-order valence-electron chi connectivity index (χ4n) is 2.70. The number of aromatic nitrogens is 3. The van der Waals surface area contributed by atoms with E-state index in [9.17, 15) is 0 Å². The summed E-state index contributed by atoms with van der Waals surface area (Å²) in [4.78, 5) is 4.28. The van der Waals surface area contributed by atoms with Crippen LogP contribution in [-0.4, -0.2) is 26.5 Å². The lowest BCUT2D eigenvalue weighted by atomic mass is 9.93. The van der Waals surface area contributed by atoms with E-state index in [4.69, 9.17) is 16.7 Å². The Balaban J connectivity index is 1.81. The van der Waals surface area contributed by atoms with Gasteiger partial charge in [0, 0.05) is 17.5 Å². The molecule has 3 rings (SSSR count). The van der Waals surface area contributed by atoms with Crippen molar-refractivity contribution in [3.05, 3.63) is 40.8 Å². The second kappa shape index (κ2) is 5.81. The molecule has 5 nitrogen and oxygen atoms in total. The lowest BCUT2D eigenvalue weighted by Crippen LogP contribution is -2.19. The van der Waals surface area contributed by atoms with Gasteiger partial charge in [-0.25, -0.2) is 4.98 Å². The van der Waals surface area contributed by atoms with Gasteiger partial charge in [0.1, 0.15) is 5.82 Å². The van der Waals surface area contributed by atoms with E-state index in [-0.39, 0.29) is 12.6 Å². The summed E-state index contributed by atoms with van der Waals surface area (Å²) >= 11 is 5.85. The summed E-state index contributed by atoms with van der Waals surface area (Å²) in [5.74, 6) is 0.821. The van der Waals surface area contributed by atoms with Gasteiger partial charge in [-0.1, -0.05) is 11.6 Å². The van der Waals surface area contributed by atoms with E-state index in [0.29, 0.717) is 11.6 Å². The Hall–Kier alpha value is -1.59. The molecule has 2 aromatic heterocycles. The topological polar surface area (TPSA) is 63.0 Å². The fraction of sp³-hybridized carbons (Fsp3) is 0.429. The van der Waals surface area contributed by atoms with Crippen LogP contribution in [0.25, 0.3) is 0 Å². The first-order valence-corrected chi connectivity index (χ1v) is 7.19. The first-order valence-electron chi connectivity index (χ1n) is 6.81. The molecule has 6 heteroatoms. The Morgan fingerprint density at radius 2 is 2.30 bits per heavy atom. The van der Waals surface area contributed by atoms with Gasteiger partial charge < -0.3 is 10.4 Å². The highest BCUT2D eigenvalue weighted by atomic mass is 35.5. The van der Waals surface area contributed by atoms with Crippen LogP contribution in [0, 0.1) is 0 Å². The van der Waals surface area contributed by atoms with Crippen LogP contribution in [0.3, 0.4) is 0 Å². The summed E-state index contributed by atoms with van der Waals surface area (Å²) in [7, 11) is 0. The molecule has 0 aliphatic heterocycles. The summed E-state index contributed by atoms with van der Waals surface area (Å²) in [5.41, 5.74) is 2.43. The summed E-state index contributed by atoms with van der Waals surface area (Å²) in [6.45, 7) is 0.673. The molecule has 106 valence electrons. The van der Waals surface area contributed by atoms with Gasteiger partial charge in [0.05, 0.1) is 30.4 Å². The number of nitrogens with zero attached hydrogens (tertiary/aromatic N) is 3. The first-order chi connectivity index (χ1) is 9.78. The quantitative estimate of drug-likeness (QED) is 0.908. The van der Waals surface area contributed by atoms with E-state index in [2.05, 4.69) is 15.4 Å². The molecule has 0 unspecified atom stereocenters. The van der Waals surface area contributed by atoms with Gasteiger partial charge in [0.25, 0.3) is 0 Å². The lowest BCUT2D eigenvalue weighted by Gasteiger charge is -2.24. The van der Waals surface area contributed by atoms with Crippen LogP contribution in [0.1, 0.15) is 30.1 Å². The molecule has 0 saturated heterocycles. The number of aliphatic hydroxyl groups excluding tert-OH is 1. The number of aliphatic hydroxyl groups is 1. The van der Waals surface area contributed by atoms with Crippen molar-refractivity contribution in [2.24, 2.45) is 0 Å². The van der Waals surface area contributed by atoms with Crippen molar-refractivity contribution in [1.82, 2.24) is 14.8 Å². The summed E-state index contributed by atoms with van der Waals surface area (Å²) in [6, 6.07) is 3.93. The summed E-state index contributed by atoms with van der Waals surface area (Å²) in [6.07, 6.45) is 6.72. The predicted octanol–water partition coefficient (Wildman–Crippen LogP) is 2.41. The van der Waals surface area contributed by atoms with Crippen molar-refractivity contribution >= 4 is 17.4 Å². The van der Waals surface area contributed by atoms with E-state index in [1.807, 2.05) is 23.0 Å². The maximum atomic E-state index is 9.07. The van der Waals surface area contributed by atoms with Gasteiger partial charge >= 0.3 is 0 Å². The zero-order chi connectivity index (χ0) is 13.9. The fourth-order valence-corrected chi connectivity index (χ4v) is 2.81. The molecular formula is C14H17ClN4O. The number of fused-ring (bicyclic) bond motifs is 1. The molecular weight excluding hydrogens is 276 g/mol. The molecule has 2 aromatic rings. The Labute approximate surface area is 122 Å². The molecule has 2 N–H and O–H groups in total. The third-order valence-electron chi connectivity index (χ3n) is 3.62. The molecule has 0 bridgehead atoms. The average molecular weight is 293 g/mol. The van der Waals surface area contributed by atoms with Crippen LogP contribution in [-0.2, 0) is 13.0 Å². The Morgan fingerprint density at radius 1 is 1.40 bits per heavy atom. The van der Waals surface area contributed by atoms with E-state index in [1.54, 1.807) is 6.20 Å². The molecule has 1 atom stereocenters. The predicted molar refractivity (Wildman–Crippen MR) is 77.9 cm³/mol. The van der Waals surface area contributed by atoms with Crippen LogP contribution in [0.15, 0.2) is 24.5 Å². The van der Waals surface area contributed by atoms with Crippen molar-refractivity contribution in [3.8, 4) is 0 Å². The van der Waals surface area contributed by atoms with Crippen LogP contribution in [0.5, 0.6) is 0 Å². The number of rotatable bonds is 4. The Morgan fingerprint density at radius 3 is 3.05 bits per heavy atom. The average Bonchev–Trinajstić information content (AvgIpc) is 2.86. The summed E-state index contributed by atoms with van der Waals surface area (Å²) < 4.78 is 1.90. The number of anilines is 1. The van der Waals surface area contributed by atoms with Crippen LogP contribution in [0.4, 0.5) is 5.82 Å². The summed E-state index contributed by atoms with van der Waals surface area (Å²) in [5, 5.41) is 17.5. The van der Waals surface area contributed by atoms with Crippen molar-refractivity contribution in [3.63, 3.8) is 0 Å². The number of hydrogen-bond acceptors (Lipinski definition) is 4. The standard InChI is InChI=1S/C14H17ClN4O/c15-10-4-5-14(16-8-10)18-12-2-1-3-13-11(12)9-17-19(13)6-7-20/h4-5,8-9,12,20H,1-3,6-7H2,(H,16,18)/t12-/m1/s1. The SMILES string of the molecule is OCCn1ncc2c1CCC[C@H]2Nc1ccc(Cl)cn1. The highest BCUT2D eigenvalue weighted by molar-refractivity contribution is 6.30. The molecule has 0 radical (unpaired) electrons. The number of halogens is 1.